The van der Waals surface area contributed by atoms with Crippen LogP contribution in [0.25, 0.3) is 0 Å². The van der Waals surface area contributed by atoms with Crippen molar-refractivity contribution in [1.29, 1.82) is 0 Å². The molecular weight excluding hydrogens is 160 g/mol. The summed E-state index contributed by atoms with van der Waals surface area (Å²) in [5.74, 6) is -1.10. The maximum atomic E-state index is 11.1. The summed E-state index contributed by atoms with van der Waals surface area (Å²) in [6.45, 7) is 3.44. The number of aliphatic carboxylic acids is 1. The zero-order chi connectivity index (χ0) is 9.35. The fourth-order valence-electron chi connectivity index (χ4n) is 1.36. The van der Waals surface area contributed by atoms with Gasteiger partial charge >= 0.3 is 5.97 Å². The van der Waals surface area contributed by atoms with Gasteiger partial charge in [0.2, 0.25) is 0 Å². The monoisotopic (exact) mass is 172 g/mol. The van der Waals surface area contributed by atoms with Crippen LogP contribution in [0.2, 0.25) is 0 Å². The van der Waals surface area contributed by atoms with Crippen LogP contribution >= 0.6 is 0 Å². The van der Waals surface area contributed by atoms with Gasteiger partial charge in [-0.2, -0.15) is 0 Å². The molecule has 1 rings (SSSR count). The lowest BCUT2D eigenvalue weighted by molar-refractivity contribution is -0.173. The van der Waals surface area contributed by atoms with Gasteiger partial charge in [0, 0.05) is 12.8 Å². The van der Waals surface area contributed by atoms with E-state index in [0.29, 0.717) is 6.42 Å². The van der Waals surface area contributed by atoms with Crippen LogP contribution in [-0.2, 0) is 14.3 Å². The van der Waals surface area contributed by atoms with Crippen molar-refractivity contribution in [1.82, 2.24) is 0 Å². The molecule has 4 heteroatoms. The van der Waals surface area contributed by atoms with Gasteiger partial charge in [-0.3, -0.25) is 4.79 Å². The standard InChI is InChI=1S/C8H12O4/c1-8(2)4-5(9)3-6(12-8)7(10)11/h6H,3-4H2,1-2H3,(H,10,11)/t6-/m1/s1. The van der Waals surface area contributed by atoms with Crippen molar-refractivity contribution in [2.75, 3.05) is 0 Å². The molecule has 1 aliphatic heterocycles. The fraction of sp³-hybridized carbons (Fsp3) is 0.750. The number of carbonyl (C=O) groups excluding carboxylic acids is 1. The van der Waals surface area contributed by atoms with Crippen molar-refractivity contribution in [2.24, 2.45) is 0 Å². The summed E-state index contributed by atoms with van der Waals surface area (Å²) in [6, 6.07) is 0. The Labute approximate surface area is 70.5 Å². The van der Waals surface area contributed by atoms with Gasteiger partial charge in [0.1, 0.15) is 5.78 Å². The molecule has 0 unspecified atom stereocenters. The van der Waals surface area contributed by atoms with E-state index >= 15 is 0 Å². The first kappa shape index (κ1) is 9.19. The van der Waals surface area contributed by atoms with Crippen LogP contribution in [0.3, 0.4) is 0 Å². The maximum Gasteiger partial charge on any atom is 0.333 e. The minimum atomic E-state index is -1.06. The minimum Gasteiger partial charge on any atom is -0.479 e. The molecule has 1 heterocycles. The van der Waals surface area contributed by atoms with Crippen molar-refractivity contribution >= 4 is 11.8 Å². The van der Waals surface area contributed by atoms with E-state index in [1.165, 1.54) is 0 Å². The summed E-state index contributed by atoms with van der Waals surface area (Å²) in [5, 5.41) is 8.61. The molecule has 0 amide bonds. The predicted octanol–water partition coefficient (Wildman–Crippen LogP) is 0.598. The Morgan fingerprint density at radius 1 is 1.67 bits per heavy atom. The Bertz CT molecular complexity index is 219. The second-order valence-corrected chi connectivity index (χ2v) is 3.62. The molecule has 1 atom stereocenters. The second kappa shape index (κ2) is 2.86. The lowest BCUT2D eigenvalue weighted by Crippen LogP contribution is -2.43. The van der Waals surface area contributed by atoms with E-state index in [9.17, 15) is 9.59 Å². The third-order valence-electron chi connectivity index (χ3n) is 1.77. The average Bonchev–Trinajstić information content (AvgIpc) is 1.82. The summed E-state index contributed by atoms with van der Waals surface area (Å²) in [5.41, 5.74) is -0.627. The van der Waals surface area contributed by atoms with Crippen LogP contribution in [0.1, 0.15) is 26.7 Å². The van der Waals surface area contributed by atoms with Crippen LogP contribution in [0, 0.1) is 0 Å². The molecule has 0 aromatic rings. The zero-order valence-corrected chi connectivity index (χ0v) is 7.16. The van der Waals surface area contributed by atoms with Crippen LogP contribution in [-0.4, -0.2) is 28.6 Å². The van der Waals surface area contributed by atoms with Crippen molar-refractivity contribution in [3.63, 3.8) is 0 Å². The van der Waals surface area contributed by atoms with E-state index in [2.05, 4.69) is 0 Å². The highest BCUT2D eigenvalue weighted by molar-refractivity contribution is 5.86. The Hall–Kier alpha value is -0.900. The third-order valence-corrected chi connectivity index (χ3v) is 1.77. The average molecular weight is 172 g/mol. The molecule has 12 heavy (non-hydrogen) atoms. The first-order valence-corrected chi connectivity index (χ1v) is 3.83. The number of ether oxygens (including phenoxy) is 1. The minimum absolute atomic E-state index is 0.00123. The number of hydrogen-bond acceptors (Lipinski definition) is 3. The number of rotatable bonds is 1. The molecule has 0 spiro atoms. The maximum absolute atomic E-state index is 11.1. The number of hydrogen-bond donors (Lipinski definition) is 1. The molecule has 0 aliphatic carbocycles. The van der Waals surface area contributed by atoms with Gasteiger partial charge < -0.3 is 9.84 Å². The summed E-state index contributed by atoms with van der Waals surface area (Å²) >= 11 is 0. The number of carboxylic acid groups (broad SMARTS) is 1. The Morgan fingerprint density at radius 3 is 2.67 bits per heavy atom. The number of Topliss-reactive ketones (excluding diaryl/α,β-unsaturated/α-hetero) is 1. The lowest BCUT2D eigenvalue weighted by atomic mass is 9.94. The Kier molecular flexibility index (Phi) is 2.19. The van der Waals surface area contributed by atoms with Gasteiger partial charge in [0.05, 0.1) is 5.60 Å². The van der Waals surface area contributed by atoms with E-state index in [1.807, 2.05) is 0 Å². The van der Waals surface area contributed by atoms with E-state index in [4.69, 9.17) is 9.84 Å². The van der Waals surface area contributed by atoms with Crippen LogP contribution < -0.4 is 0 Å². The molecule has 1 fully saturated rings. The molecule has 68 valence electrons. The second-order valence-electron chi connectivity index (χ2n) is 3.62. The van der Waals surface area contributed by atoms with E-state index < -0.39 is 17.7 Å². The van der Waals surface area contributed by atoms with Crippen LogP contribution in [0.4, 0.5) is 0 Å². The fourth-order valence-corrected chi connectivity index (χ4v) is 1.36. The van der Waals surface area contributed by atoms with Crippen LogP contribution in [0.15, 0.2) is 0 Å². The topological polar surface area (TPSA) is 63.6 Å². The van der Waals surface area contributed by atoms with Gasteiger partial charge in [-0.15, -0.1) is 0 Å². The van der Waals surface area contributed by atoms with Gasteiger partial charge in [-0.05, 0) is 13.8 Å². The summed E-state index contributed by atoms with van der Waals surface area (Å²) < 4.78 is 5.19. The predicted molar refractivity (Wildman–Crippen MR) is 40.8 cm³/mol. The number of ketones is 1. The lowest BCUT2D eigenvalue weighted by Gasteiger charge is -2.32. The molecule has 0 aromatic heterocycles. The van der Waals surface area contributed by atoms with Gasteiger partial charge in [-0.1, -0.05) is 0 Å². The smallest absolute Gasteiger partial charge is 0.333 e. The van der Waals surface area contributed by atoms with Crippen LogP contribution in [0.5, 0.6) is 0 Å². The first-order valence-electron chi connectivity index (χ1n) is 3.83. The highest BCUT2D eigenvalue weighted by Crippen LogP contribution is 2.25. The largest absolute Gasteiger partial charge is 0.479 e. The highest BCUT2D eigenvalue weighted by atomic mass is 16.5. The van der Waals surface area contributed by atoms with Gasteiger partial charge in [0.15, 0.2) is 6.10 Å². The summed E-state index contributed by atoms with van der Waals surface area (Å²) in [6.07, 6.45) is -0.656. The van der Waals surface area contributed by atoms with E-state index in [0.717, 1.165) is 0 Å². The molecule has 1 N–H and O–H groups in total. The third kappa shape index (κ3) is 2.04. The molecule has 0 radical (unpaired) electrons. The van der Waals surface area contributed by atoms with Crippen molar-refractivity contribution < 1.29 is 19.4 Å². The Morgan fingerprint density at radius 2 is 2.25 bits per heavy atom. The van der Waals surface area contributed by atoms with E-state index in [-0.39, 0.29) is 12.2 Å². The van der Waals surface area contributed by atoms with Crippen molar-refractivity contribution in [3.05, 3.63) is 0 Å². The van der Waals surface area contributed by atoms with Crippen molar-refractivity contribution in [3.8, 4) is 0 Å². The molecular formula is C8H12O4. The summed E-state index contributed by atoms with van der Waals surface area (Å²) in [7, 11) is 0. The summed E-state index contributed by atoms with van der Waals surface area (Å²) in [4.78, 5) is 21.6. The molecule has 1 aliphatic rings. The highest BCUT2D eigenvalue weighted by Gasteiger charge is 2.36. The quantitative estimate of drug-likeness (QED) is 0.629. The SMILES string of the molecule is CC1(C)CC(=O)C[C@H](C(=O)O)O1. The van der Waals surface area contributed by atoms with Gasteiger partial charge in [0.25, 0.3) is 0 Å². The number of carboxylic acids is 1. The molecule has 1 saturated heterocycles. The van der Waals surface area contributed by atoms with Gasteiger partial charge in [-0.25, -0.2) is 4.79 Å². The molecule has 0 bridgehead atoms. The first-order chi connectivity index (χ1) is 5.41. The van der Waals surface area contributed by atoms with E-state index in [1.54, 1.807) is 13.8 Å². The molecule has 4 nitrogen and oxygen atoms in total. The molecule has 0 saturated carbocycles. The van der Waals surface area contributed by atoms with Crippen molar-refractivity contribution in [2.45, 2.75) is 38.4 Å². The number of carbonyl (C=O) groups is 2. The molecule has 0 aromatic carbocycles. The zero-order valence-electron chi connectivity index (χ0n) is 7.16. The Balaban J connectivity index is 2.70. The normalized spacial score (nSPS) is 28.5.